The van der Waals surface area contributed by atoms with Gasteiger partial charge in [-0.25, -0.2) is 13.2 Å². The minimum absolute atomic E-state index is 0.0774. The Morgan fingerprint density at radius 3 is 2.50 bits per heavy atom. The third kappa shape index (κ3) is 4.74. The summed E-state index contributed by atoms with van der Waals surface area (Å²) in [5, 5.41) is 0. The van der Waals surface area contributed by atoms with Gasteiger partial charge >= 0.3 is 0 Å². The molecule has 1 fully saturated rings. The summed E-state index contributed by atoms with van der Waals surface area (Å²) in [5.74, 6) is -3.68. The van der Waals surface area contributed by atoms with E-state index in [-0.39, 0.29) is 29.2 Å². The largest absolute Gasteiger partial charge is 0.493 e. The molecule has 158 valence electrons. The maximum absolute atomic E-state index is 15.1. The lowest BCUT2D eigenvalue weighted by Crippen LogP contribution is -2.47. The predicted octanol–water partition coefficient (Wildman–Crippen LogP) is 4.75. The van der Waals surface area contributed by atoms with Gasteiger partial charge in [0.25, 0.3) is 5.92 Å². The van der Waals surface area contributed by atoms with Gasteiger partial charge in [-0.15, -0.1) is 0 Å². The van der Waals surface area contributed by atoms with Crippen LogP contribution in [0, 0.1) is 5.82 Å². The number of rotatable bonds is 5. The molecule has 7 heteroatoms. The Labute approximate surface area is 164 Å². The Balaban J connectivity index is 1.84. The van der Waals surface area contributed by atoms with E-state index in [0.29, 0.717) is 18.5 Å². The van der Waals surface area contributed by atoms with E-state index in [4.69, 9.17) is 14.2 Å². The van der Waals surface area contributed by atoms with Crippen molar-refractivity contribution in [3.8, 4) is 11.5 Å². The van der Waals surface area contributed by atoms with Gasteiger partial charge in [-0.05, 0) is 57.2 Å². The molecule has 1 aromatic rings. The summed E-state index contributed by atoms with van der Waals surface area (Å²) in [6.07, 6.45) is 2.40. The summed E-state index contributed by atoms with van der Waals surface area (Å²) in [6.45, 7) is 7.50. The number of nitrogens with zero attached hydrogens (tertiary/aromatic N) is 1. The maximum Gasteiger partial charge on any atom is 0.278 e. The highest BCUT2D eigenvalue weighted by Gasteiger charge is 2.38. The summed E-state index contributed by atoms with van der Waals surface area (Å²) >= 11 is 0. The van der Waals surface area contributed by atoms with Crippen LogP contribution < -0.4 is 9.47 Å². The van der Waals surface area contributed by atoms with E-state index in [9.17, 15) is 8.78 Å². The molecule has 1 saturated heterocycles. The molecule has 0 amide bonds. The molecule has 0 aromatic heterocycles. The number of methoxy groups -OCH3 is 1. The van der Waals surface area contributed by atoms with Gasteiger partial charge in [0.1, 0.15) is 0 Å². The highest BCUT2D eigenvalue weighted by molar-refractivity contribution is 5.51. The first-order valence-electron chi connectivity index (χ1n) is 9.80. The number of piperidine rings is 1. The van der Waals surface area contributed by atoms with E-state index in [1.54, 1.807) is 6.07 Å². The van der Waals surface area contributed by atoms with Crippen molar-refractivity contribution in [3.05, 3.63) is 23.0 Å². The smallest absolute Gasteiger partial charge is 0.278 e. The summed E-state index contributed by atoms with van der Waals surface area (Å²) in [5.41, 5.74) is 1.21. The van der Waals surface area contributed by atoms with Gasteiger partial charge < -0.3 is 14.2 Å². The molecule has 2 heterocycles. The Morgan fingerprint density at radius 1 is 1.18 bits per heavy atom. The van der Waals surface area contributed by atoms with E-state index in [2.05, 4.69) is 4.90 Å². The van der Waals surface area contributed by atoms with Crippen molar-refractivity contribution < 1.29 is 27.4 Å². The average molecular weight is 401 g/mol. The molecule has 1 aromatic carbocycles. The highest BCUT2D eigenvalue weighted by atomic mass is 19.3. The second-order valence-electron chi connectivity index (χ2n) is 8.84. The van der Waals surface area contributed by atoms with E-state index < -0.39 is 18.3 Å². The quantitative estimate of drug-likeness (QED) is 0.713. The number of fused-ring (bicyclic) bond motifs is 3. The summed E-state index contributed by atoms with van der Waals surface area (Å²) < 4.78 is 58.0. The lowest BCUT2D eigenvalue weighted by atomic mass is 9.85. The number of alkyl halides is 2. The van der Waals surface area contributed by atoms with Crippen molar-refractivity contribution >= 4 is 0 Å². The Hall–Kier alpha value is -1.47. The van der Waals surface area contributed by atoms with Gasteiger partial charge in [0.15, 0.2) is 23.9 Å². The van der Waals surface area contributed by atoms with Gasteiger partial charge in [0, 0.05) is 26.1 Å². The molecule has 2 aliphatic heterocycles. The van der Waals surface area contributed by atoms with Crippen LogP contribution in [0.25, 0.3) is 0 Å². The van der Waals surface area contributed by atoms with Crippen LogP contribution in [-0.4, -0.2) is 49.3 Å². The molecule has 0 radical (unpaired) electrons. The van der Waals surface area contributed by atoms with Crippen LogP contribution in [0.2, 0.25) is 0 Å². The summed E-state index contributed by atoms with van der Waals surface area (Å²) in [7, 11) is 1.40. The molecule has 2 atom stereocenters. The third-order valence-corrected chi connectivity index (χ3v) is 5.18. The van der Waals surface area contributed by atoms with E-state index in [0.717, 1.165) is 31.9 Å². The lowest BCUT2D eigenvalue weighted by Gasteiger charge is -2.45. The van der Waals surface area contributed by atoms with Crippen LogP contribution in [0.5, 0.6) is 11.5 Å². The Kier molecular flexibility index (Phi) is 5.88. The van der Waals surface area contributed by atoms with Crippen molar-refractivity contribution in [2.75, 3.05) is 26.8 Å². The van der Waals surface area contributed by atoms with Crippen LogP contribution in [0.1, 0.15) is 57.7 Å². The van der Waals surface area contributed by atoms with Gasteiger partial charge in [-0.1, -0.05) is 0 Å². The normalized spacial score (nSPS) is 23.1. The van der Waals surface area contributed by atoms with Gasteiger partial charge in [-0.3, -0.25) is 4.90 Å². The molecule has 0 spiro atoms. The minimum atomic E-state index is -3.05. The van der Waals surface area contributed by atoms with Crippen molar-refractivity contribution in [2.24, 2.45) is 0 Å². The van der Waals surface area contributed by atoms with Crippen LogP contribution in [-0.2, 0) is 11.2 Å². The fourth-order valence-electron chi connectivity index (χ4n) is 4.16. The predicted molar refractivity (Wildman–Crippen MR) is 101 cm³/mol. The lowest BCUT2D eigenvalue weighted by molar-refractivity contribution is -0.0972. The molecule has 0 N–H and O–H groups in total. The molecule has 0 bridgehead atoms. The Bertz CT molecular complexity index is 712. The van der Waals surface area contributed by atoms with Crippen LogP contribution >= 0.6 is 0 Å². The molecule has 0 aliphatic carbocycles. The van der Waals surface area contributed by atoms with Crippen LogP contribution in [0.3, 0.4) is 0 Å². The van der Waals surface area contributed by atoms with Crippen molar-refractivity contribution in [1.29, 1.82) is 0 Å². The minimum Gasteiger partial charge on any atom is -0.493 e. The first-order valence-corrected chi connectivity index (χ1v) is 9.80. The molecular formula is C21H30F3NO3. The summed E-state index contributed by atoms with van der Waals surface area (Å²) in [4.78, 5) is 2.32. The standard InChI is InChI=1S/C21H30F3NO3/c1-20(2,3)28-13-6-7-16-15-10-17(26-5)19(27-12-21(4,23)24)18(22)14(15)8-9-25(16)11-13/h10,13,16H,6-9,11-12H2,1-5H3. The fourth-order valence-corrected chi connectivity index (χ4v) is 4.16. The first kappa shape index (κ1) is 21.2. The zero-order chi connectivity index (χ0) is 20.7. The number of hydrogen-bond acceptors (Lipinski definition) is 4. The molecule has 0 saturated carbocycles. The van der Waals surface area contributed by atoms with Gasteiger partial charge in [-0.2, -0.15) is 0 Å². The molecule has 3 rings (SSSR count). The van der Waals surface area contributed by atoms with E-state index in [1.165, 1.54) is 7.11 Å². The molecule has 2 unspecified atom stereocenters. The second kappa shape index (κ2) is 7.75. The van der Waals surface area contributed by atoms with E-state index in [1.807, 2.05) is 20.8 Å². The zero-order valence-electron chi connectivity index (χ0n) is 17.3. The van der Waals surface area contributed by atoms with Crippen molar-refractivity contribution in [2.45, 2.75) is 70.6 Å². The van der Waals surface area contributed by atoms with Gasteiger partial charge in [0.05, 0.1) is 18.8 Å². The zero-order valence-corrected chi connectivity index (χ0v) is 17.3. The monoisotopic (exact) mass is 401 g/mol. The molecule has 2 aliphatic rings. The molecule has 28 heavy (non-hydrogen) atoms. The number of halogens is 3. The average Bonchev–Trinajstić information content (AvgIpc) is 2.57. The van der Waals surface area contributed by atoms with Gasteiger partial charge in [0.2, 0.25) is 0 Å². The Morgan fingerprint density at radius 2 is 1.89 bits per heavy atom. The first-order chi connectivity index (χ1) is 13.0. The third-order valence-electron chi connectivity index (χ3n) is 5.18. The van der Waals surface area contributed by atoms with Crippen LogP contribution in [0.15, 0.2) is 6.07 Å². The van der Waals surface area contributed by atoms with Crippen molar-refractivity contribution in [3.63, 3.8) is 0 Å². The number of hydrogen-bond donors (Lipinski definition) is 0. The SMILES string of the molecule is COc1cc2c(c(F)c1OCC(C)(F)F)CCN1CC(OC(C)(C)C)CCC21. The maximum atomic E-state index is 15.1. The van der Waals surface area contributed by atoms with E-state index >= 15 is 4.39 Å². The molecule has 4 nitrogen and oxygen atoms in total. The number of ether oxygens (including phenoxy) is 3. The van der Waals surface area contributed by atoms with Crippen LogP contribution in [0.4, 0.5) is 13.2 Å². The summed E-state index contributed by atoms with van der Waals surface area (Å²) in [6, 6.07) is 1.83. The number of benzene rings is 1. The topological polar surface area (TPSA) is 30.9 Å². The van der Waals surface area contributed by atoms with Crippen molar-refractivity contribution in [1.82, 2.24) is 4.90 Å². The fraction of sp³-hybridized carbons (Fsp3) is 0.714. The second-order valence-corrected chi connectivity index (χ2v) is 8.84. The highest BCUT2D eigenvalue weighted by Crippen LogP contribution is 2.44. The molecular weight excluding hydrogens is 371 g/mol.